The van der Waals surface area contributed by atoms with Crippen molar-refractivity contribution in [1.29, 1.82) is 0 Å². The molecule has 51 heavy (non-hydrogen) atoms. The van der Waals surface area contributed by atoms with Crippen molar-refractivity contribution in [3.63, 3.8) is 0 Å². The standard InChI is InChI=1S/C28H25N.C6H7N.C6H6.3C2H6O/c1-2-3-18-29-27-16-14-23(21-10-6-4-7-11-21)19-25(27)26-20-24(15-17-28(26)29)22-12-8-5-9-13-22;1-6-4-2-3-5-7-6;1-2-4-6-5-3-1;3*1-3-2/h4-17,19-20H,2-3,18H2,1H3;2-5H,1H3;1-6H;3*1-2H3. The summed E-state index contributed by atoms with van der Waals surface area (Å²) in [7, 11) is 9.75. The fourth-order valence-corrected chi connectivity index (χ4v) is 5.11. The van der Waals surface area contributed by atoms with Crippen LogP contribution in [0.1, 0.15) is 25.5 Å². The van der Waals surface area contributed by atoms with Crippen molar-refractivity contribution in [2.75, 3.05) is 42.7 Å². The highest BCUT2D eigenvalue weighted by Gasteiger charge is 2.13. The lowest BCUT2D eigenvalue weighted by Gasteiger charge is -2.07. The van der Waals surface area contributed by atoms with Crippen molar-refractivity contribution in [3.8, 4) is 22.3 Å². The Morgan fingerprint density at radius 1 is 0.471 bits per heavy atom. The summed E-state index contributed by atoms with van der Waals surface area (Å²) in [6.45, 7) is 5.29. The first-order chi connectivity index (χ1) is 25.0. The van der Waals surface area contributed by atoms with E-state index in [1.165, 1.54) is 56.9 Å². The SMILES string of the molecule is CCCCn1c2ccc(-c3ccccc3)cc2c2cc(-c3ccccc3)ccc21.COC.COC.COC.Cc1ccccn1.c1ccccc1. The maximum atomic E-state index is 4.25. The number of nitrogens with zero attached hydrogens (tertiary/aromatic N) is 2. The molecule has 0 bridgehead atoms. The van der Waals surface area contributed by atoms with E-state index in [9.17, 15) is 0 Å². The molecule has 2 heterocycles. The quantitative estimate of drug-likeness (QED) is 0.181. The fraction of sp³-hybridized carbons (Fsp3) is 0.239. The highest BCUT2D eigenvalue weighted by Crippen LogP contribution is 2.35. The van der Waals surface area contributed by atoms with Gasteiger partial charge in [-0.05, 0) is 72.0 Å². The zero-order valence-electron chi connectivity index (χ0n) is 31.8. The van der Waals surface area contributed by atoms with E-state index in [-0.39, 0.29) is 0 Å². The summed E-state index contributed by atoms with van der Waals surface area (Å²) in [5.74, 6) is 0. The summed E-state index contributed by atoms with van der Waals surface area (Å²) in [4.78, 5) is 3.98. The second-order valence-electron chi connectivity index (χ2n) is 11.6. The van der Waals surface area contributed by atoms with Crippen LogP contribution in [0.5, 0.6) is 0 Å². The molecule has 2 aromatic heterocycles. The second kappa shape index (κ2) is 25.8. The monoisotopic (exact) mass is 684 g/mol. The minimum Gasteiger partial charge on any atom is -0.388 e. The van der Waals surface area contributed by atoms with E-state index in [0.29, 0.717) is 0 Å². The normalized spacial score (nSPS) is 9.65. The van der Waals surface area contributed by atoms with Crippen LogP contribution >= 0.6 is 0 Å². The van der Waals surface area contributed by atoms with Crippen LogP contribution in [0, 0.1) is 6.92 Å². The Hall–Kier alpha value is -5.07. The molecular weight excluding hydrogens is 629 g/mol. The van der Waals surface area contributed by atoms with E-state index < -0.39 is 0 Å². The number of benzene rings is 5. The van der Waals surface area contributed by atoms with Gasteiger partial charge in [0.2, 0.25) is 0 Å². The van der Waals surface area contributed by atoms with Gasteiger partial charge in [-0.3, -0.25) is 4.98 Å². The third-order valence-electron chi connectivity index (χ3n) is 7.29. The van der Waals surface area contributed by atoms with Crippen LogP contribution in [0.3, 0.4) is 0 Å². The third-order valence-corrected chi connectivity index (χ3v) is 7.29. The molecule has 0 saturated carbocycles. The molecule has 5 nitrogen and oxygen atoms in total. The smallest absolute Gasteiger partial charge is 0.0491 e. The molecule has 0 radical (unpaired) electrons. The van der Waals surface area contributed by atoms with Crippen molar-refractivity contribution in [2.24, 2.45) is 0 Å². The van der Waals surface area contributed by atoms with Crippen LogP contribution in [0.4, 0.5) is 0 Å². The minimum atomic E-state index is 1.06. The third kappa shape index (κ3) is 14.7. The van der Waals surface area contributed by atoms with Crippen LogP contribution in [-0.2, 0) is 20.8 Å². The predicted molar refractivity (Wildman–Crippen MR) is 219 cm³/mol. The molecule has 0 fully saturated rings. The van der Waals surface area contributed by atoms with Gasteiger partial charge in [0.15, 0.2) is 0 Å². The van der Waals surface area contributed by atoms with E-state index in [2.05, 4.69) is 128 Å². The molecule has 0 aliphatic heterocycles. The molecule has 268 valence electrons. The number of hydrogen-bond acceptors (Lipinski definition) is 4. The van der Waals surface area contributed by atoms with Crippen LogP contribution in [0.25, 0.3) is 44.1 Å². The average Bonchev–Trinajstić information content (AvgIpc) is 3.49. The van der Waals surface area contributed by atoms with Crippen molar-refractivity contribution in [1.82, 2.24) is 9.55 Å². The van der Waals surface area contributed by atoms with Gasteiger partial charge in [0.1, 0.15) is 0 Å². The van der Waals surface area contributed by atoms with E-state index >= 15 is 0 Å². The molecule has 7 rings (SSSR count). The lowest BCUT2D eigenvalue weighted by Crippen LogP contribution is -1.97. The molecule has 0 aliphatic rings. The summed E-state index contributed by atoms with van der Waals surface area (Å²) < 4.78 is 15.2. The van der Waals surface area contributed by atoms with Crippen molar-refractivity contribution in [2.45, 2.75) is 33.2 Å². The van der Waals surface area contributed by atoms with Gasteiger partial charge in [0.25, 0.3) is 0 Å². The number of hydrogen-bond donors (Lipinski definition) is 0. The van der Waals surface area contributed by atoms with Crippen LogP contribution in [-0.4, -0.2) is 52.2 Å². The molecule has 0 saturated heterocycles. The average molecular weight is 685 g/mol. The predicted octanol–water partition coefficient (Wildman–Crippen LogP) is 11.8. The number of rotatable bonds is 5. The van der Waals surface area contributed by atoms with Gasteiger partial charge in [-0.1, -0.05) is 129 Å². The molecule has 0 spiro atoms. The minimum absolute atomic E-state index is 1.06. The molecule has 0 atom stereocenters. The Labute approximate surface area is 306 Å². The number of methoxy groups -OCH3 is 3. The van der Waals surface area contributed by atoms with Gasteiger partial charge in [-0.25, -0.2) is 0 Å². The zero-order valence-corrected chi connectivity index (χ0v) is 31.8. The number of unbranched alkanes of at least 4 members (excludes halogenated alkanes) is 1. The highest BCUT2D eigenvalue weighted by molar-refractivity contribution is 6.10. The van der Waals surface area contributed by atoms with Crippen LogP contribution in [0.2, 0.25) is 0 Å². The molecule has 0 amide bonds. The Balaban J connectivity index is 0.000000332. The lowest BCUT2D eigenvalue weighted by atomic mass is 10.0. The maximum Gasteiger partial charge on any atom is 0.0491 e. The van der Waals surface area contributed by atoms with Gasteiger partial charge in [-0.15, -0.1) is 0 Å². The lowest BCUT2D eigenvalue weighted by molar-refractivity contribution is 0.277. The van der Waals surface area contributed by atoms with E-state index in [1.54, 1.807) is 48.9 Å². The van der Waals surface area contributed by atoms with Gasteiger partial charge < -0.3 is 18.8 Å². The number of aromatic nitrogens is 2. The number of pyridine rings is 1. The maximum absolute atomic E-state index is 4.25. The number of ether oxygens (including phenoxy) is 3. The summed E-state index contributed by atoms with van der Waals surface area (Å²) in [6.07, 6.45) is 4.18. The summed E-state index contributed by atoms with van der Waals surface area (Å²) in [5.41, 5.74) is 8.82. The first kappa shape index (κ1) is 42.1. The Morgan fingerprint density at radius 2 is 0.843 bits per heavy atom. The summed E-state index contributed by atoms with van der Waals surface area (Å²) >= 11 is 0. The molecule has 0 aliphatic carbocycles. The van der Waals surface area contributed by atoms with Gasteiger partial charge >= 0.3 is 0 Å². The van der Waals surface area contributed by atoms with Gasteiger partial charge in [0.05, 0.1) is 0 Å². The molecule has 5 heteroatoms. The summed E-state index contributed by atoms with van der Waals surface area (Å²) in [5, 5.41) is 2.69. The molecule has 0 N–H and O–H groups in total. The zero-order chi connectivity index (χ0) is 37.1. The van der Waals surface area contributed by atoms with Crippen molar-refractivity contribution >= 4 is 21.8 Å². The largest absolute Gasteiger partial charge is 0.388 e. The fourth-order valence-electron chi connectivity index (χ4n) is 5.11. The summed E-state index contributed by atoms with van der Waals surface area (Å²) in [6, 6.07) is 53.0. The molecule has 5 aromatic carbocycles. The molecule has 0 unspecified atom stereocenters. The highest BCUT2D eigenvalue weighted by atomic mass is 16.5. The van der Waals surface area contributed by atoms with E-state index in [0.717, 1.165) is 12.2 Å². The first-order valence-electron chi connectivity index (χ1n) is 17.2. The molecular formula is C46H56N2O3. The van der Waals surface area contributed by atoms with E-state index in [1.807, 2.05) is 61.5 Å². The Kier molecular flexibility index (Phi) is 21.3. The first-order valence-corrected chi connectivity index (χ1v) is 17.2. The van der Waals surface area contributed by atoms with Gasteiger partial charge in [0, 0.05) is 82.9 Å². The number of aryl methyl sites for hydroxylation is 2. The Morgan fingerprint density at radius 3 is 1.16 bits per heavy atom. The van der Waals surface area contributed by atoms with Crippen LogP contribution < -0.4 is 0 Å². The number of fused-ring (bicyclic) bond motifs is 3. The second-order valence-corrected chi connectivity index (χ2v) is 11.6. The van der Waals surface area contributed by atoms with E-state index in [4.69, 9.17) is 0 Å². The topological polar surface area (TPSA) is 45.5 Å². The van der Waals surface area contributed by atoms with Crippen molar-refractivity contribution in [3.05, 3.63) is 164 Å². The van der Waals surface area contributed by atoms with Crippen LogP contribution in [0.15, 0.2) is 158 Å². The van der Waals surface area contributed by atoms with Gasteiger partial charge in [-0.2, -0.15) is 0 Å². The van der Waals surface area contributed by atoms with Crippen molar-refractivity contribution < 1.29 is 14.2 Å². The Bertz CT molecular complexity index is 1730. The molecule has 7 aromatic rings.